The molecule has 0 bridgehead atoms. The van der Waals surface area contributed by atoms with Crippen molar-refractivity contribution >= 4 is 11.9 Å². The number of carboxylic acids is 1. The molecule has 0 aliphatic carbocycles. The van der Waals surface area contributed by atoms with Crippen LogP contribution in [0, 0.1) is 5.92 Å². The molecule has 0 fully saturated rings. The number of benzene rings is 1. The van der Waals surface area contributed by atoms with E-state index in [9.17, 15) is 9.59 Å². The van der Waals surface area contributed by atoms with Crippen LogP contribution in [0.25, 0.3) is 0 Å². The number of ether oxygens (including phenoxy) is 1. The fourth-order valence-electron chi connectivity index (χ4n) is 2.08. The lowest BCUT2D eigenvalue weighted by atomic mass is 10.0. The molecule has 0 aliphatic rings. The maximum Gasteiger partial charge on any atom is 0.326 e. The van der Waals surface area contributed by atoms with Crippen LogP contribution in [0.15, 0.2) is 24.3 Å². The van der Waals surface area contributed by atoms with Crippen LogP contribution >= 0.6 is 0 Å². The molecule has 0 saturated heterocycles. The van der Waals surface area contributed by atoms with Gasteiger partial charge in [0.05, 0.1) is 13.0 Å². The average molecular weight is 307 g/mol. The third-order valence-electron chi connectivity index (χ3n) is 3.24. The van der Waals surface area contributed by atoms with Crippen molar-refractivity contribution in [2.24, 2.45) is 5.92 Å². The Kier molecular flexibility index (Phi) is 7.43. The van der Waals surface area contributed by atoms with E-state index < -0.39 is 12.0 Å². The Bertz CT molecular complexity index is 499. The summed E-state index contributed by atoms with van der Waals surface area (Å²) in [5.74, 6) is -0.378. The maximum absolute atomic E-state index is 11.8. The van der Waals surface area contributed by atoms with Crippen molar-refractivity contribution in [3.8, 4) is 5.75 Å². The normalized spacial score (nSPS) is 12.0. The summed E-state index contributed by atoms with van der Waals surface area (Å²) in [6.45, 7) is 6.14. The molecule has 5 nitrogen and oxygen atoms in total. The van der Waals surface area contributed by atoms with Crippen LogP contribution in [0.3, 0.4) is 0 Å². The van der Waals surface area contributed by atoms with Crippen LogP contribution in [0.1, 0.15) is 39.2 Å². The molecule has 1 aromatic rings. The molecule has 122 valence electrons. The van der Waals surface area contributed by atoms with Gasteiger partial charge < -0.3 is 15.2 Å². The highest BCUT2D eigenvalue weighted by molar-refractivity contribution is 5.83. The summed E-state index contributed by atoms with van der Waals surface area (Å²) in [7, 11) is 0. The molecule has 1 atom stereocenters. The van der Waals surface area contributed by atoms with Crippen molar-refractivity contribution < 1.29 is 19.4 Å². The Labute approximate surface area is 131 Å². The summed E-state index contributed by atoms with van der Waals surface area (Å²) in [4.78, 5) is 22.9. The SMILES string of the molecule is CCc1cccc(OCCC(=O)NC(CC(C)C)C(=O)O)c1. The molecule has 0 spiro atoms. The van der Waals surface area contributed by atoms with Gasteiger partial charge >= 0.3 is 5.97 Å². The molecular formula is C17H25NO4. The third kappa shape index (κ3) is 6.61. The number of carbonyl (C=O) groups is 2. The summed E-state index contributed by atoms with van der Waals surface area (Å²) < 4.78 is 5.53. The second-order valence-corrected chi connectivity index (χ2v) is 5.69. The molecule has 1 rings (SSSR count). The highest BCUT2D eigenvalue weighted by atomic mass is 16.5. The van der Waals surface area contributed by atoms with Gasteiger partial charge in [0, 0.05) is 0 Å². The van der Waals surface area contributed by atoms with Crippen molar-refractivity contribution in [3.63, 3.8) is 0 Å². The quantitative estimate of drug-likeness (QED) is 0.735. The first-order valence-electron chi connectivity index (χ1n) is 7.66. The van der Waals surface area contributed by atoms with E-state index in [1.165, 1.54) is 5.56 Å². The Morgan fingerprint density at radius 2 is 2.05 bits per heavy atom. The van der Waals surface area contributed by atoms with Gasteiger partial charge in [-0.25, -0.2) is 4.79 Å². The van der Waals surface area contributed by atoms with Crippen LogP contribution in [0.4, 0.5) is 0 Å². The molecule has 0 aromatic heterocycles. The molecule has 2 N–H and O–H groups in total. The highest BCUT2D eigenvalue weighted by Gasteiger charge is 2.20. The van der Waals surface area contributed by atoms with Crippen LogP contribution in [-0.2, 0) is 16.0 Å². The summed E-state index contributed by atoms with van der Waals surface area (Å²) in [5.41, 5.74) is 1.17. The molecule has 0 saturated carbocycles. The van der Waals surface area contributed by atoms with E-state index in [2.05, 4.69) is 12.2 Å². The molecular weight excluding hydrogens is 282 g/mol. The first-order valence-corrected chi connectivity index (χ1v) is 7.66. The van der Waals surface area contributed by atoms with Gasteiger partial charge in [-0.15, -0.1) is 0 Å². The zero-order chi connectivity index (χ0) is 16.5. The highest BCUT2D eigenvalue weighted by Crippen LogP contribution is 2.14. The topological polar surface area (TPSA) is 75.6 Å². The monoisotopic (exact) mass is 307 g/mol. The van der Waals surface area contributed by atoms with E-state index in [1.54, 1.807) is 0 Å². The third-order valence-corrected chi connectivity index (χ3v) is 3.24. The number of aliphatic carboxylic acids is 1. The summed E-state index contributed by atoms with van der Waals surface area (Å²) in [5, 5.41) is 11.6. The van der Waals surface area contributed by atoms with Crippen molar-refractivity contribution in [3.05, 3.63) is 29.8 Å². The van der Waals surface area contributed by atoms with E-state index in [4.69, 9.17) is 9.84 Å². The number of hydrogen-bond acceptors (Lipinski definition) is 3. The van der Waals surface area contributed by atoms with Gasteiger partial charge in [-0.1, -0.05) is 32.9 Å². The second-order valence-electron chi connectivity index (χ2n) is 5.69. The molecule has 1 amide bonds. The van der Waals surface area contributed by atoms with E-state index in [-0.39, 0.29) is 24.9 Å². The van der Waals surface area contributed by atoms with E-state index in [0.717, 1.165) is 12.2 Å². The predicted octanol–water partition coefficient (Wildman–Crippen LogP) is 2.63. The minimum absolute atomic E-state index is 0.137. The lowest BCUT2D eigenvalue weighted by Gasteiger charge is -2.16. The van der Waals surface area contributed by atoms with Gasteiger partial charge in [0.1, 0.15) is 11.8 Å². The Morgan fingerprint density at radius 1 is 1.32 bits per heavy atom. The van der Waals surface area contributed by atoms with Gasteiger partial charge in [-0.3, -0.25) is 4.79 Å². The minimum atomic E-state index is -1.00. The first kappa shape index (κ1) is 18.0. The molecule has 1 aromatic carbocycles. The van der Waals surface area contributed by atoms with Gasteiger partial charge in [0.2, 0.25) is 5.91 Å². The van der Waals surface area contributed by atoms with E-state index >= 15 is 0 Å². The summed E-state index contributed by atoms with van der Waals surface area (Å²) in [6.07, 6.45) is 1.48. The summed E-state index contributed by atoms with van der Waals surface area (Å²) >= 11 is 0. The molecule has 1 unspecified atom stereocenters. The lowest BCUT2D eigenvalue weighted by molar-refractivity contribution is -0.142. The molecule has 0 radical (unpaired) electrons. The van der Waals surface area contributed by atoms with Crippen molar-refractivity contribution in [1.82, 2.24) is 5.32 Å². The van der Waals surface area contributed by atoms with Gasteiger partial charge in [-0.2, -0.15) is 0 Å². The number of hydrogen-bond donors (Lipinski definition) is 2. The maximum atomic E-state index is 11.8. The standard InChI is InChI=1S/C17H25NO4/c1-4-13-6-5-7-14(11-13)22-9-8-16(19)18-15(17(20)21)10-12(2)3/h5-7,11-12,15H,4,8-10H2,1-3H3,(H,18,19)(H,20,21). The van der Waals surface area contributed by atoms with Crippen LogP contribution in [0.2, 0.25) is 0 Å². The number of rotatable bonds is 9. The Morgan fingerprint density at radius 3 is 2.64 bits per heavy atom. The summed E-state index contributed by atoms with van der Waals surface area (Å²) in [6, 6.07) is 6.88. The zero-order valence-corrected chi connectivity index (χ0v) is 13.5. The predicted molar refractivity (Wildman–Crippen MR) is 85.0 cm³/mol. The zero-order valence-electron chi connectivity index (χ0n) is 13.5. The van der Waals surface area contributed by atoms with Gasteiger partial charge in [0.25, 0.3) is 0 Å². The number of aryl methyl sites for hydroxylation is 1. The van der Waals surface area contributed by atoms with Crippen LogP contribution in [-0.4, -0.2) is 29.6 Å². The number of carboxylic acid groups (broad SMARTS) is 1. The number of nitrogens with one attached hydrogen (secondary N) is 1. The van der Waals surface area contributed by atoms with Crippen molar-refractivity contribution in [1.29, 1.82) is 0 Å². The van der Waals surface area contributed by atoms with Crippen LogP contribution in [0.5, 0.6) is 5.75 Å². The Balaban J connectivity index is 2.40. The van der Waals surface area contributed by atoms with Crippen LogP contribution < -0.4 is 10.1 Å². The number of carbonyl (C=O) groups excluding carboxylic acids is 1. The average Bonchev–Trinajstić information content (AvgIpc) is 2.46. The van der Waals surface area contributed by atoms with Crippen molar-refractivity contribution in [2.75, 3.05) is 6.61 Å². The Hall–Kier alpha value is -2.04. The lowest BCUT2D eigenvalue weighted by Crippen LogP contribution is -2.42. The molecule has 0 heterocycles. The smallest absolute Gasteiger partial charge is 0.326 e. The van der Waals surface area contributed by atoms with Gasteiger partial charge in [0.15, 0.2) is 0 Å². The molecule has 5 heteroatoms. The fraction of sp³-hybridized carbons (Fsp3) is 0.529. The fourth-order valence-corrected chi connectivity index (χ4v) is 2.08. The number of amides is 1. The largest absolute Gasteiger partial charge is 0.493 e. The molecule has 22 heavy (non-hydrogen) atoms. The van der Waals surface area contributed by atoms with Gasteiger partial charge in [-0.05, 0) is 36.5 Å². The van der Waals surface area contributed by atoms with E-state index in [1.807, 2.05) is 38.1 Å². The molecule has 0 aliphatic heterocycles. The minimum Gasteiger partial charge on any atom is -0.493 e. The van der Waals surface area contributed by atoms with E-state index in [0.29, 0.717) is 6.42 Å². The van der Waals surface area contributed by atoms with Crippen molar-refractivity contribution in [2.45, 2.75) is 46.1 Å². The second kappa shape index (κ2) is 9.07. The first-order chi connectivity index (χ1) is 10.4.